The van der Waals surface area contributed by atoms with Crippen LogP contribution in [0.1, 0.15) is 26.7 Å². The molecule has 1 aromatic rings. The Balaban J connectivity index is 2.30. The second-order valence-corrected chi connectivity index (χ2v) is 4.84. The summed E-state index contributed by atoms with van der Waals surface area (Å²) in [6, 6.07) is 7.33. The fourth-order valence-electron chi connectivity index (χ4n) is 1.81. The highest BCUT2D eigenvalue weighted by Gasteiger charge is 2.00. The minimum atomic E-state index is -0.0965. The molecule has 6 nitrogen and oxygen atoms in total. The van der Waals surface area contributed by atoms with E-state index >= 15 is 0 Å². The Kier molecular flexibility index (Phi) is 8.49. The molecule has 0 saturated carbocycles. The van der Waals surface area contributed by atoms with Crippen molar-refractivity contribution in [3.8, 4) is 5.75 Å². The van der Waals surface area contributed by atoms with E-state index in [1.807, 2.05) is 18.2 Å². The van der Waals surface area contributed by atoms with Gasteiger partial charge in [0.25, 0.3) is 0 Å². The van der Waals surface area contributed by atoms with Crippen LogP contribution in [-0.4, -0.2) is 38.6 Å². The Bertz CT molecular complexity index is 489. The molecule has 122 valence electrons. The number of carbonyl (C=O) groups is 1. The zero-order valence-corrected chi connectivity index (χ0v) is 13.6. The molecule has 3 N–H and O–H groups in total. The molecule has 0 spiro atoms. The Labute approximate surface area is 132 Å². The third-order valence-corrected chi connectivity index (χ3v) is 2.86. The Morgan fingerprint density at radius 1 is 1.27 bits per heavy atom. The number of unbranched alkanes of at least 4 members (excludes halogenated alkanes) is 1. The smallest absolute Gasteiger partial charge is 0.221 e. The molecule has 0 aliphatic carbocycles. The topological polar surface area (TPSA) is 74.8 Å². The van der Waals surface area contributed by atoms with Gasteiger partial charge in [0.1, 0.15) is 12.4 Å². The van der Waals surface area contributed by atoms with Crippen molar-refractivity contribution >= 4 is 17.6 Å². The zero-order chi connectivity index (χ0) is 16.2. The van der Waals surface area contributed by atoms with E-state index in [9.17, 15) is 4.79 Å². The first-order valence-electron chi connectivity index (χ1n) is 7.60. The Morgan fingerprint density at radius 2 is 2.05 bits per heavy atom. The molecule has 0 aliphatic heterocycles. The molecule has 1 aromatic carbocycles. The highest BCUT2D eigenvalue weighted by atomic mass is 16.5. The number of anilines is 1. The number of guanidine groups is 1. The normalized spacial score (nSPS) is 11.0. The van der Waals surface area contributed by atoms with Crippen LogP contribution in [-0.2, 0) is 4.79 Å². The SMILES string of the molecule is CCCCNC(=NC)NCCOc1cccc(NC(C)=O)c1. The second-order valence-electron chi connectivity index (χ2n) is 4.84. The van der Waals surface area contributed by atoms with Crippen molar-refractivity contribution in [2.45, 2.75) is 26.7 Å². The van der Waals surface area contributed by atoms with Gasteiger partial charge in [-0.25, -0.2) is 0 Å². The summed E-state index contributed by atoms with van der Waals surface area (Å²) in [5, 5.41) is 9.15. The number of nitrogens with one attached hydrogen (secondary N) is 3. The quantitative estimate of drug-likeness (QED) is 0.390. The number of carbonyl (C=O) groups excluding carboxylic acids is 1. The minimum absolute atomic E-state index is 0.0965. The molecule has 6 heteroatoms. The van der Waals surface area contributed by atoms with Gasteiger partial charge in [0.15, 0.2) is 5.96 Å². The minimum Gasteiger partial charge on any atom is -0.492 e. The fraction of sp³-hybridized carbons (Fsp3) is 0.500. The first kappa shape index (κ1) is 17.8. The predicted octanol–water partition coefficient (Wildman–Crippen LogP) is 1.99. The molecule has 1 rings (SSSR count). The van der Waals surface area contributed by atoms with E-state index in [-0.39, 0.29) is 5.91 Å². The summed E-state index contributed by atoms with van der Waals surface area (Å²) in [4.78, 5) is 15.2. The average Bonchev–Trinajstić information content (AvgIpc) is 2.49. The summed E-state index contributed by atoms with van der Waals surface area (Å²) in [5.41, 5.74) is 0.731. The van der Waals surface area contributed by atoms with Crippen molar-refractivity contribution < 1.29 is 9.53 Å². The Hall–Kier alpha value is -2.24. The predicted molar refractivity (Wildman–Crippen MR) is 90.5 cm³/mol. The molecule has 0 aromatic heterocycles. The maximum absolute atomic E-state index is 11.0. The number of hydrogen-bond donors (Lipinski definition) is 3. The van der Waals surface area contributed by atoms with E-state index < -0.39 is 0 Å². The Morgan fingerprint density at radius 3 is 2.73 bits per heavy atom. The van der Waals surface area contributed by atoms with Crippen LogP contribution in [0.4, 0.5) is 5.69 Å². The first-order valence-corrected chi connectivity index (χ1v) is 7.60. The van der Waals surface area contributed by atoms with Crippen molar-refractivity contribution in [1.82, 2.24) is 10.6 Å². The van der Waals surface area contributed by atoms with E-state index in [0.29, 0.717) is 13.2 Å². The molecule has 0 unspecified atom stereocenters. The second kappa shape index (κ2) is 10.5. The molecule has 0 radical (unpaired) electrons. The lowest BCUT2D eigenvalue weighted by Crippen LogP contribution is -2.39. The van der Waals surface area contributed by atoms with Crippen LogP contribution in [0.2, 0.25) is 0 Å². The van der Waals surface area contributed by atoms with Crippen LogP contribution in [0.5, 0.6) is 5.75 Å². The van der Waals surface area contributed by atoms with Gasteiger partial charge in [0.2, 0.25) is 5.91 Å². The molecule has 0 atom stereocenters. The van der Waals surface area contributed by atoms with Crippen molar-refractivity contribution in [2.75, 3.05) is 32.1 Å². The maximum atomic E-state index is 11.0. The van der Waals surface area contributed by atoms with E-state index in [0.717, 1.165) is 36.8 Å². The third-order valence-electron chi connectivity index (χ3n) is 2.86. The molecule has 1 amide bonds. The van der Waals surface area contributed by atoms with Gasteiger partial charge in [-0.05, 0) is 18.6 Å². The molecular weight excluding hydrogens is 280 g/mol. The maximum Gasteiger partial charge on any atom is 0.221 e. The van der Waals surface area contributed by atoms with Gasteiger partial charge in [-0.2, -0.15) is 0 Å². The van der Waals surface area contributed by atoms with Crippen LogP contribution in [0.3, 0.4) is 0 Å². The number of amides is 1. The number of nitrogens with zero attached hydrogens (tertiary/aromatic N) is 1. The number of ether oxygens (including phenoxy) is 1. The number of hydrogen-bond acceptors (Lipinski definition) is 3. The van der Waals surface area contributed by atoms with Crippen LogP contribution in [0, 0.1) is 0 Å². The number of rotatable bonds is 8. The largest absolute Gasteiger partial charge is 0.492 e. The van der Waals surface area contributed by atoms with Gasteiger partial charge < -0.3 is 20.7 Å². The summed E-state index contributed by atoms with van der Waals surface area (Å²) >= 11 is 0. The van der Waals surface area contributed by atoms with Gasteiger partial charge in [-0.3, -0.25) is 9.79 Å². The van der Waals surface area contributed by atoms with Crippen LogP contribution in [0.25, 0.3) is 0 Å². The summed E-state index contributed by atoms with van der Waals surface area (Å²) < 4.78 is 5.65. The fourth-order valence-corrected chi connectivity index (χ4v) is 1.81. The molecule has 0 saturated heterocycles. The van der Waals surface area contributed by atoms with Crippen molar-refractivity contribution in [3.05, 3.63) is 24.3 Å². The summed E-state index contributed by atoms with van der Waals surface area (Å²) in [5.74, 6) is 1.41. The summed E-state index contributed by atoms with van der Waals surface area (Å²) in [7, 11) is 1.75. The first-order chi connectivity index (χ1) is 10.7. The van der Waals surface area contributed by atoms with Crippen molar-refractivity contribution in [2.24, 2.45) is 4.99 Å². The molecule has 22 heavy (non-hydrogen) atoms. The van der Waals surface area contributed by atoms with Crippen molar-refractivity contribution in [3.63, 3.8) is 0 Å². The number of aliphatic imine (C=N–C) groups is 1. The van der Waals surface area contributed by atoms with Gasteiger partial charge in [0, 0.05) is 32.3 Å². The molecule has 0 fully saturated rings. The highest BCUT2D eigenvalue weighted by molar-refractivity contribution is 5.88. The van der Waals surface area contributed by atoms with Gasteiger partial charge in [0.05, 0.1) is 6.54 Å². The highest BCUT2D eigenvalue weighted by Crippen LogP contribution is 2.16. The lowest BCUT2D eigenvalue weighted by molar-refractivity contribution is -0.114. The third kappa shape index (κ3) is 7.52. The van der Waals surface area contributed by atoms with E-state index in [1.54, 1.807) is 13.1 Å². The lowest BCUT2D eigenvalue weighted by atomic mass is 10.3. The standard InChI is InChI=1S/C16H26N4O2/c1-4-5-9-18-16(17-3)19-10-11-22-15-8-6-7-14(12-15)20-13(2)21/h6-8,12H,4-5,9-11H2,1-3H3,(H,20,21)(H2,17,18,19). The zero-order valence-electron chi connectivity index (χ0n) is 13.6. The van der Waals surface area contributed by atoms with Crippen LogP contribution < -0.4 is 20.7 Å². The van der Waals surface area contributed by atoms with E-state index in [2.05, 4.69) is 27.9 Å². The summed E-state index contributed by atoms with van der Waals surface area (Å²) in [6.07, 6.45) is 2.27. The molecule has 0 aliphatic rings. The van der Waals surface area contributed by atoms with E-state index in [4.69, 9.17) is 4.74 Å². The average molecular weight is 306 g/mol. The van der Waals surface area contributed by atoms with Crippen molar-refractivity contribution in [1.29, 1.82) is 0 Å². The lowest BCUT2D eigenvalue weighted by Gasteiger charge is -2.12. The van der Waals surface area contributed by atoms with Gasteiger partial charge in [-0.1, -0.05) is 19.4 Å². The monoisotopic (exact) mass is 306 g/mol. The molecular formula is C16H26N4O2. The summed E-state index contributed by atoms with van der Waals surface area (Å²) in [6.45, 7) is 5.71. The van der Waals surface area contributed by atoms with Gasteiger partial charge >= 0.3 is 0 Å². The van der Waals surface area contributed by atoms with Crippen LogP contribution >= 0.6 is 0 Å². The van der Waals surface area contributed by atoms with E-state index in [1.165, 1.54) is 6.92 Å². The number of benzene rings is 1. The van der Waals surface area contributed by atoms with Crippen LogP contribution in [0.15, 0.2) is 29.3 Å². The molecule has 0 bridgehead atoms. The molecule has 0 heterocycles. The van der Waals surface area contributed by atoms with Gasteiger partial charge in [-0.15, -0.1) is 0 Å².